The fourth-order valence-electron chi connectivity index (χ4n) is 3.84. The van der Waals surface area contributed by atoms with E-state index in [0.717, 1.165) is 11.1 Å². The Hall–Kier alpha value is -3.62. The molecule has 0 saturated carbocycles. The second-order valence-electron chi connectivity index (χ2n) is 9.41. The maximum atomic E-state index is 11.7. The number of aliphatic hydroxyl groups is 2. The minimum Gasteiger partial charge on any atom is -0.491 e. The minimum atomic E-state index is -1.10. The van der Waals surface area contributed by atoms with Crippen molar-refractivity contribution < 1.29 is 39.5 Å². The van der Waals surface area contributed by atoms with Crippen LogP contribution in [0.4, 0.5) is 0 Å². The lowest BCUT2D eigenvalue weighted by molar-refractivity contribution is -0.133. The summed E-state index contributed by atoms with van der Waals surface area (Å²) in [5, 5.41) is 38.2. The van der Waals surface area contributed by atoms with E-state index in [4.69, 9.17) is 9.47 Å². The van der Waals surface area contributed by atoms with E-state index in [2.05, 4.69) is 0 Å². The Labute approximate surface area is 217 Å². The Bertz CT molecular complexity index is 1030. The molecule has 0 fully saturated rings. The largest absolute Gasteiger partial charge is 0.491 e. The normalized spacial score (nSPS) is 16.3. The first-order valence-corrected chi connectivity index (χ1v) is 12.0. The number of hydrogen-bond acceptors (Lipinski definition) is 6. The highest BCUT2D eigenvalue weighted by Crippen LogP contribution is 2.42. The van der Waals surface area contributed by atoms with Crippen molar-refractivity contribution in [1.82, 2.24) is 0 Å². The number of rotatable bonds is 13. The van der Waals surface area contributed by atoms with E-state index in [-0.39, 0.29) is 24.4 Å². The van der Waals surface area contributed by atoms with Gasteiger partial charge in [-0.25, -0.2) is 9.59 Å². The van der Waals surface area contributed by atoms with Gasteiger partial charge in [0.25, 0.3) is 0 Å². The molecule has 0 amide bonds. The van der Waals surface area contributed by atoms with Gasteiger partial charge >= 0.3 is 11.9 Å². The van der Waals surface area contributed by atoms with Crippen molar-refractivity contribution in [3.63, 3.8) is 0 Å². The molecule has 2 atom stereocenters. The van der Waals surface area contributed by atoms with Gasteiger partial charge in [-0.1, -0.05) is 43.3 Å². The first-order chi connectivity index (χ1) is 17.3. The van der Waals surface area contributed by atoms with Crippen molar-refractivity contribution in [1.29, 1.82) is 0 Å². The van der Waals surface area contributed by atoms with Crippen molar-refractivity contribution in [3.05, 3.63) is 83.0 Å². The number of carbonyl (C=O) groups is 2. The SMILES string of the molecule is CC(=CC(C=C(C)C(=O)O)C(C)(c1ccc(OCC(C)O)cc1)c1ccc(OCC(C)O)cc1)C(=O)O. The maximum absolute atomic E-state index is 11.7. The molecule has 8 nitrogen and oxygen atoms in total. The van der Waals surface area contributed by atoms with Crippen molar-refractivity contribution in [3.8, 4) is 11.5 Å². The van der Waals surface area contributed by atoms with Gasteiger partial charge in [0.05, 0.1) is 12.2 Å². The minimum absolute atomic E-state index is 0.0828. The van der Waals surface area contributed by atoms with Crippen LogP contribution in [0.25, 0.3) is 0 Å². The molecule has 8 heteroatoms. The molecule has 2 aromatic rings. The predicted molar refractivity (Wildman–Crippen MR) is 140 cm³/mol. The number of carboxylic acid groups (broad SMARTS) is 2. The van der Waals surface area contributed by atoms with Crippen LogP contribution >= 0.6 is 0 Å². The van der Waals surface area contributed by atoms with Gasteiger partial charge in [-0.2, -0.15) is 0 Å². The number of hydrogen-bond donors (Lipinski definition) is 4. The summed E-state index contributed by atoms with van der Waals surface area (Å²) in [6.07, 6.45) is 1.86. The predicted octanol–water partition coefficient (Wildman–Crippen LogP) is 4.19. The van der Waals surface area contributed by atoms with Gasteiger partial charge in [0.1, 0.15) is 24.7 Å². The average molecular weight is 513 g/mol. The second kappa shape index (κ2) is 13.1. The van der Waals surface area contributed by atoms with E-state index in [1.165, 1.54) is 13.8 Å². The Kier molecular flexibility index (Phi) is 10.5. The van der Waals surface area contributed by atoms with Crippen molar-refractivity contribution in [2.24, 2.45) is 5.92 Å². The molecule has 37 heavy (non-hydrogen) atoms. The molecule has 4 N–H and O–H groups in total. The van der Waals surface area contributed by atoms with E-state index in [1.807, 2.05) is 31.2 Å². The number of benzene rings is 2. The molecule has 0 aromatic heterocycles. The van der Waals surface area contributed by atoms with Crippen molar-refractivity contribution in [2.45, 2.75) is 52.2 Å². The fourth-order valence-corrected chi connectivity index (χ4v) is 3.84. The van der Waals surface area contributed by atoms with Crippen LogP contribution in [0.2, 0.25) is 0 Å². The molecular formula is C29H36O8. The van der Waals surface area contributed by atoms with Crippen LogP contribution in [-0.4, -0.2) is 57.8 Å². The molecule has 2 aromatic carbocycles. The lowest BCUT2D eigenvalue weighted by Gasteiger charge is -2.37. The molecule has 0 aliphatic heterocycles. The summed E-state index contributed by atoms with van der Waals surface area (Å²) in [5.41, 5.74) is 0.865. The number of aliphatic carboxylic acids is 2. The Morgan fingerprint density at radius 2 is 1.08 bits per heavy atom. The zero-order chi connectivity index (χ0) is 27.8. The Balaban J connectivity index is 2.69. The highest BCUT2D eigenvalue weighted by Gasteiger charge is 2.36. The Morgan fingerprint density at radius 3 is 1.35 bits per heavy atom. The number of allylic oxidation sites excluding steroid dienone is 2. The highest BCUT2D eigenvalue weighted by molar-refractivity contribution is 5.87. The smallest absolute Gasteiger partial charge is 0.330 e. The molecule has 0 aliphatic carbocycles. The molecule has 0 heterocycles. The topological polar surface area (TPSA) is 134 Å². The van der Waals surface area contributed by atoms with Gasteiger partial charge in [0.15, 0.2) is 0 Å². The third-order valence-electron chi connectivity index (χ3n) is 6.09. The summed E-state index contributed by atoms with van der Waals surface area (Å²) in [6, 6.07) is 14.4. The van der Waals surface area contributed by atoms with Gasteiger partial charge in [0.2, 0.25) is 0 Å². The third kappa shape index (κ3) is 8.20. The van der Waals surface area contributed by atoms with E-state index in [0.29, 0.717) is 11.5 Å². The Morgan fingerprint density at radius 1 is 0.757 bits per heavy atom. The van der Waals surface area contributed by atoms with E-state index in [9.17, 15) is 30.0 Å². The van der Waals surface area contributed by atoms with Gasteiger partial charge in [-0.05, 0) is 63.1 Å². The first kappa shape index (κ1) is 29.6. The van der Waals surface area contributed by atoms with Crippen LogP contribution in [0, 0.1) is 5.92 Å². The zero-order valence-corrected chi connectivity index (χ0v) is 21.8. The average Bonchev–Trinajstić information content (AvgIpc) is 2.85. The number of aliphatic hydroxyl groups excluding tert-OH is 2. The van der Waals surface area contributed by atoms with E-state index < -0.39 is 35.5 Å². The standard InChI is InChI=1S/C29H36O8/c1-18(27(32)33)14-24(15-19(2)28(34)35)29(5,22-6-10-25(11-7-22)36-16-20(3)30)23-8-12-26(13-9-23)37-17-21(4)31/h6-15,20-21,24,30-31H,16-17H2,1-5H3,(H,32,33)(H,34,35). The highest BCUT2D eigenvalue weighted by atomic mass is 16.5. The van der Waals surface area contributed by atoms with E-state index in [1.54, 1.807) is 50.3 Å². The maximum Gasteiger partial charge on any atom is 0.330 e. The van der Waals surface area contributed by atoms with Gasteiger partial charge in [-0.3, -0.25) is 0 Å². The van der Waals surface area contributed by atoms with Crippen molar-refractivity contribution in [2.75, 3.05) is 13.2 Å². The third-order valence-corrected chi connectivity index (χ3v) is 6.09. The lowest BCUT2D eigenvalue weighted by atomic mass is 9.66. The monoisotopic (exact) mass is 512 g/mol. The summed E-state index contributed by atoms with van der Waals surface area (Å²) in [7, 11) is 0. The molecule has 0 spiro atoms. The molecule has 0 radical (unpaired) electrons. The molecular weight excluding hydrogens is 476 g/mol. The number of ether oxygens (including phenoxy) is 2. The van der Waals surface area contributed by atoms with Crippen LogP contribution in [0.3, 0.4) is 0 Å². The van der Waals surface area contributed by atoms with Gasteiger partial charge < -0.3 is 29.9 Å². The van der Waals surface area contributed by atoms with E-state index >= 15 is 0 Å². The lowest BCUT2D eigenvalue weighted by Crippen LogP contribution is -2.32. The molecule has 2 unspecified atom stereocenters. The van der Waals surface area contributed by atoms with Crippen LogP contribution < -0.4 is 9.47 Å². The van der Waals surface area contributed by atoms with Gasteiger partial charge in [-0.15, -0.1) is 0 Å². The van der Waals surface area contributed by atoms with Crippen molar-refractivity contribution >= 4 is 11.9 Å². The molecule has 2 rings (SSSR count). The van der Waals surface area contributed by atoms with Crippen LogP contribution in [0.5, 0.6) is 11.5 Å². The molecule has 200 valence electrons. The summed E-state index contributed by atoms with van der Waals surface area (Å²) in [4.78, 5) is 23.4. The summed E-state index contributed by atoms with van der Waals surface area (Å²) >= 11 is 0. The van der Waals surface area contributed by atoms with Crippen LogP contribution in [-0.2, 0) is 15.0 Å². The second-order valence-corrected chi connectivity index (χ2v) is 9.41. The summed E-state index contributed by atoms with van der Waals surface area (Å²) in [6.45, 7) is 8.38. The quantitative estimate of drug-likeness (QED) is 0.294. The zero-order valence-electron chi connectivity index (χ0n) is 21.8. The summed E-state index contributed by atoms with van der Waals surface area (Å²) in [5.74, 6) is -1.73. The van der Waals surface area contributed by atoms with Crippen LogP contribution in [0.15, 0.2) is 71.8 Å². The molecule has 0 aliphatic rings. The van der Waals surface area contributed by atoms with Gasteiger partial charge in [0, 0.05) is 22.5 Å². The fraction of sp³-hybridized carbons (Fsp3) is 0.379. The molecule has 0 bridgehead atoms. The first-order valence-electron chi connectivity index (χ1n) is 12.0. The summed E-state index contributed by atoms with van der Waals surface area (Å²) < 4.78 is 11.2. The van der Waals surface area contributed by atoms with Crippen LogP contribution in [0.1, 0.15) is 45.7 Å². The number of carboxylic acids is 2. The molecule has 0 saturated heterocycles.